The summed E-state index contributed by atoms with van der Waals surface area (Å²) in [5.74, 6) is -1.02. The molecule has 3 aromatic rings. The van der Waals surface area contributed by atoms with Gasteiger partial charge in [-0.25, -0.2) is 14.8 Å². The Kier molecular flexibility index (Phi) is 4.76. The van der Waals surface area contributed by atoms with Crippen LogP contribution in [0.5, 0.6) is 0 Å². The van der Waals surface area contributed by atoms with Crippen LogP contribution in [0.2, 0.25) is 0 Å². The first-order valence-electron chi connectivity index (χ1n) is 7.28. The highest BCUT2D eigenvalue weighted by Gasteiger charge is 2.20. The van der Waals surface area contributed by atoms with Gasteiger partial charge in [0.25, 0.3) is 5.91 Å². The number of anilines is 1. The molecule has 0 spiro atoms. The Hall–Kier alpha value is -2.87. The summed E-state index contributed by atoms with van der Waals surface area (Å²) in [6.07, 6.45) is 4.13. The minimum atomic E-state index is -0.684. The van der Waals surface area contributed by atoms with Gasteiger partial charge in [-0.15, -0.1) is 0 Å². The van der Waals surface area contributed by atoms with Crippen LogP contribution in [0.25, 0.3) is 10.2 Å². The number of benzene rings is 1. The molecule has 0 atom stereocenters. The lowest BCUT2D eigenvalue weighted by molar-refractivity contribution is -0.121. The lowest BCUT2D eigenvalue weighted by atomic mass is 10.3. The molecule has 0 unspecified atom stereocenters. The summed E-state index contributed by atoms with van der Waals surface area (Å²) in [7, 11) is 0. The number of thiazole rings is 1. The minimum absolute atomic E-state index is 0.0633. The second-order valence-electron chi connectivity index (χ2n) is 4.77. The Bertz CT molecular complexity index is 833. The lowest BCUT2D eigenvalue weighted by Crippen LogP contribution is -2.34. The van der Waals surface area contributed by atoms with Crippen LogP contribution in [-0.4, -0.2) is 40.0 Å². The van der Waals surface area contributed by atoms with E-state index >= 15 is 0 Å². The van der Waals surface area contributed by atoms with Crippen molar-refractivity contribution in [3.8, 4) is 0 Å². The predicted octanol–water partition coefficient (Wildman–Crippen LogP) is 2.30. The van der Waals surface area contributed by atoms with Crippen LogP contribution in [0.3, 0.4) is 0 Å². The molecule has 0 radical (unpaired) electrons. The van der Waals surface area contributed by atoms with Crippen LogP contribution >= 0.6 is 11.3 Å². The summed E-state index contributed by atoms with van der Waals surface area (Å²) in [6, 6.07) is 7.66. The average Bonchev–Trinajstić information content (AvgIpc) is 3.04. The van der Waals surface area contributed by atoms with Crippen LogP contribution in [0, 0.1) is 0 Å². The SMILES string of the molecule is CCN(C(=O)COC(=O)c1cnccn1)c1nc2ccccc2s1. The van der Waals surface area contributed by atoms with Gasteiger partial charge in [0, 0.05) is 18.9 Å². The fourth-order valence-electron chi connectivity index (χ4n) is 2.08. The van der Waals surface area contributed by atoms with Gasteiger partial charge in [-0.1, -0.05) is 23.5 Å². The highest BCUT2D eigenvalue weighted by Crippen LogP contribution is 2.28. The van der Waals surface area contributed by atoms with Crippen molar-refractivity contribution in [1.29, 1.82) is 0 Å². The molecule has 1 aromatic carbocycles. The monoisotopic (exact) mass is 342 g/mol. The van der Waals surface area contributed by atoms with E-state index in [-0.39, 0.29) is 18.2 Å². The maximum absolute atomic E-state index is 12.4. The summed E-state index contributed by atoms with van der Waals surface area (Å²) in [5, 5.41) is 0.583. The van der Waals surface area contributed by atoms with E-state index in [1.165, 1.54) is 34.8 Å². The molecule has 2 heterocycles. The van der Waals surface area contributed by atoms with Crippen molar-refractivity contribution >= 4 is 38.6 Å². The number of esters is 1. The van der Waals surface area contributed by atoms with Crippen molar-refractivity contribution in [2.45, 2.75) is 6.92 Å². The van der Waals surface area contributed by atoms with Gasteiger partial charge in [0.2, 0.25) is 0 Å². The molecular weight excluding hydrogens is 328 g/mol. The Balaban J connectivity index is 1.69. The molecule has 3 rings (SSSR count). The molecular formula is C16H14N4O3S. The van der Waals surface area contributed by atoms with Gasteiger partial charge in [0.05, 0.1) is 16.4 Å². The van der Waals surface area contributed by atoms with Gasteiger partial charge in [-0.05, 0) is 19.1 Å². The predicted molar refractivity (Wildman–Crippen MR) is 90.0 cm³/mol. The highest BCUT2D eigenvalue weighted by atomic mass is 32.1. The maximum Gasteiger partial charge on any atom is 0.359 e. The molecule has 0 aliphatic heterocycles. The van der Waals surface area contributed by atoms with Crippen molar-refractivity contribution < 1.29 is 14.3 Å². The van der Waals surface area contributed by atoms with Crippen LogP contribution in [-0.2, 0) is 9.53 Å². The Labute approximate surface area is 141 Å². The number of rotatable bonds is 5. The minimum Gasteiger partial charge on any atom is -0.451 e. The van der Waals surface area contributed by atoms with E-state index in [9.17, 15) is 9.59 Å². The first-order valence-corrected chi connectivity index (χ1v) is 8.09. The molecule has 8 heteroatoms. The molecule has 0 aliphatic carbocycles. The van der Waals surface area contributed by atoms with Gasteiger partial charge in [0.15, 0.2) is 17.4 Å². The van der Waals surface area contributed by atoms with Crippen molar-refractivity contribution in [2.24, 2.45) is 0 Å². The number of nitrogens with zero attached hydrogens (tertiary/aromatic N) is 4. The van der Waals surface area contributed by atoms with Crippen molar-refractivity contribution in [3.05, 3.63) is 48.5 Å². The van der Waals surface area contributed by atoms with E-state index in [0.717, 1.165) is 10.2 Å². The summed E-state index contributed by atoms with van der Waals surface area (Å²) >= 11 is 1.42. The third-order valence-electron chi connectivity index (χ3n) is 3.23. The fraction of sp³-hybridized carbons (Fsp3) is 0.188. The molecule has 0 N–H and O–H groups in total. The largest absolute Gasteiger partial charge is 0.451 e. The molecule has 0 bridgehead atoms. The van der Waals surface area contributed by atoms with Crippen molar-refractivity contribution in [2.75, 3.05) is 18.1 Å². The van der Waals surface area contributed by atoms with Crippen LogP contribution < -0.4 is 4.90 Å². The van der Waals surface area contributed by atoms with E-state index in [1.807, 2.05) is 31.2 Å². The van der Waals surface area contributed by atoms with E-state index in [1.54, 1.807) is 0 Å². The van der Waals surface area contributed by atoms with Crippen molar-refractivity contribution in [3.63, 3.8) is 0 Å². The second-order valence-corrected chi connectivity index (χ2v) is 5.78. The number of para-hydroxylation sites is 1. The summed E-state index contributed by atoms with van der Waals surface area (Å²) < 4.78 is 6.01. The van der Waals surface area contributed by atoms with Crippen molar-refractivity contribution in [1.82, 2.24) is 15.0 Å². The molecule has 1 amide bonds. The number of hydrogen-bond acceptors (Lipinski definition) is 7. The smallest absolute Gasteiger partial charge is 0.359 e. The molecule has 2 aromatic heterocycles. The number of hydrogen-bond donors (Lipinski definition) is 0. The molecule has 122 valence electrons. The standard InChI is InChI=1S/C16H14N4O3S/c1-2-20(16-19-11-5-3-4-6-13(11)24-16)14(21)10-23-15(22)12-9-17-7-8-18-12/h3-9H,2,10H2,1H3. The van der Waals surface area contributed by atoms with Gasteiger partial charge in [-0.2, -0.15) is 0 Å². The molecule has 0 fully saturated rings. The van der Waals surface area contributed by atoms with Gasteiger partial charge < -0.3 is 4.74 Å². The Morgan fingerprint density at radius 3 is 2.79 bits per heavy atom. The average molecular weight is 342 g/mol. The van der Waals surface area contributed by atoms with Crippen LogP contribution in [0.4, 0.5) is 5.13 Å². The normalized spacial score (nSPS) is 10.5. The van der Waals surface area contributed by atoms with Gasteiger partial charge in [-0.3, -0.25) is 14.7 Å². The number of ether oxygens (including phenoxy) is 1. The number of aromatic nitrogens is 3. The first kappa shape index (κ1) is 16.0. The summed E-state index contributed by atoms with van der Waals surface area (Å²) in [5.41, 5.74) is 0.897. The zero-order chi connectivity index (χ0) is 16.9. The van der Waals surface area contributed by atoms with Crippen LogP contribution in [0.1, 0.15) is 17.4 Å². The molecule has 7 nitrogen and oxygen atoms in total. The number of amides is 1. The Morgan fingerprint density at radius 1 is 1.25 bits per heavy atom. The molecule has 0 saturated heterocycles. The molecule has 0 aliphatic rings. The molecule has 0 saturated carbocycles. The van der Waals surface area contributed by atoms with E-state index in [0.29, 0.717) is 11.7 Å². The fourth-order valence-corrected chi connectivity index (χ4v) is 3.12. The third-order valence-corrected chi connectivity index (χ3v) is 4.29. The second kappa shape index (κ2) is 7.14. The first-order chi connectivity index (χ1) is 11.7. The Morgan fingerprint density at radius 2 is 2.08 bits per heavy atom. The number of carbonyl (C=O) groups excluding carboxylic acids is 2. The summed E-state index contributed by atoms with van der Waals surface area (Å²) in [4.78, 5) is 37.8. The number of fused-ring (bicyclic) bond motifs is 1. The quantitative estimate of drug-likeness (QED) is 0.661. The van der Waals surface area contributed by atoms with E-state index in [4.69, 9.17) is 4.74 Å². The zero-order valence-electron chi connectivity index (χ0n) is 12.9. The number of carbonyl (C=O) groups is 2. The topological polar surface area (TPSA) is 85.3 Å². The number of likely N-dealkylation sites (N-methyl/N-ethyl adjacent to an activating group) is 1. The molecule has 24 heavy (non-hydrogen) atoms. The summed E-state index contributed by atoms with van der Waals surface area (Å²) in [6.45, 7) is 1.90. The van der Waals surface area contributed by atoms with Gasteiger partial charge >= 0.3 is 5.97 Å². The third kappa shape index (κ3) is 3.38. The lowest BCUT2D eigenvalue weighted by Gasteiger charge is -2.17. The van der Waals surface area contributed by atoms with Crippen LogP contribution in [0.15, 0.2) is 42.9 Å². The van der Waals surface area contributed by atoms with E-state index < -0.39 is 5.97 Å². The zero-order valence-corrected chi connectivity index (χ0v) is 13.7. The maximum atomic E-state index is 12.4. The highest BCUT2D eigenvalue weighted by molar-refractivity contribution is 7.22. The van der Waals surface area contributed by atoms with E-state index in [2.05, 4.69) is 15.0 Å². The van der Waals surface area contributed by atoms with Gasteiger partial charge in [0.1, 0.15) is 0 Å².